The molecule has 3 aliphatic heterocycles. The molecule has 6 heterocycles. The summed E-state index contributed by atoms with van der Waals surface area (Å²) in [5.41, 5.74) is 2.22. The highest BCUT2D eigenvalue weighted by Crippen LogP contribution is 2.40. The van der Waals surface area contributed by atoms with Gasteiger partial charge in [0.05, 0.1) is 29.0 Å². The number of nitrogens with zero attached hydrogens (tertiary/aromatic N) is 5. The Labute approximate surface area is 247 Å². The first-order chi connectivity index (χ1) is 20.8. The first-order valence-corrected chi connectivity index (χ1v) is 14.6. The normalized spacial score (nSPS) is 19.1. The Morgan fingerprint density at radius 2 is 1.88 bits per heavy atom. The number of hydrogen-bond donors (Lipinski definition) is 1. The van der Waals surface area contributed by atoms with Crippen LogP contribution >= 0.6 is 0 Å². The van der Waals surface area contributed by atoms with E-state index in [1.54, 1.807) is 34.7 Å². The van der Waals surface area contributed by atoms with Crippen molar-refractivity contribution in [3.8, 4) is 17.1 Å². The number of hydrogen-bond acceptors (Lipinski definition) is 9. The number of ether oxygens (including phenoxy) is 2. The molecule has 1 N–H and O–H groups in total. The summed E-state index contributed by atoms with van der Waals surface area (Å²) >= 11 is 0. The monoisotopic (exact) mass is 581 g/mol. The first kappa shape index (κ1) is 27.1. The number of cyclic esters (lactones) is 1. The molecule has 11 heteroatoms. The summed E-state index contributed by atoms with van der Waals surface area (Å²) in [5.74, 6) is 0.570. The number of carbonyl (C=O) groups excluding carboxylic acids is 2. The van der Waals surface area contributed by atoms with Crippen molar-refractivity contribution in [2.45, 2.75) is 45.4 Å². The van der Waals surface area contributed by atoms with E-state index in [-0.39, 0.29) is 24.2 Å². The average molecular weight is 582 g/mol. The summed E-state index contributed by atoms with van der Waals surface area (Å²) in [4.78, 5) is 52.3. The number of benzene rings is 1. The van der Waals surface area contributed by atoms with Gasteiger partial charge >= 0.3 is 12.1 Å². The predicted octanol–water partition coefficient (Wildman–Crippen LogP) is 3.36. The van der Waals surface area contributed by atoms with Crippen molar-refractivity contribution < 1.29 is 24.2 Å². The highest BCUT2D eigenvalue weighted by atomic mass is 16.6. The van der Waals surface area contributed by atoms with Gasteiger partial charge in [-0.1, -0.05) is 19.9 Å². The summed E-state index contributed by atoms with van der Waals surface area (Å²) in [5, 5.41) is 12.0. The number of rotatable bonds is 4. The molecule has 1 atom stereocenters. The van der Waals surface area contributed by atoms with Crippen LogP contribution in [0, 0.1) is 0 Å². The molecule has 0 unspecified atom stereocenters. The van der Waals surface area contributed by atoms with Crippen molar-refractivity contribution in [2.24, 2.45) is 0 Å². The van der Waals surface area contributed by atoms with Crippen LogP contribution < -0.4 is 15.2 Å². The van der Waals surface area contributed by atoms with Gasteiger partial charge in [-0.05, 0) is 54.8 Å². The van der Waals surface area contributed by atoms with Crippen molar-refractivity contribution in [3.05, 3.63) is 81.3 Å². The Hall–Kier alpha value is -4.77. The molecule has 43 heavy (non-hydrogen) atoms. The maximum atomic E-state index is 13.6. The highest BCUT2D eigenvalue weighted by molar-refractivity contribution is 5.90. The second-order valence-corrected chi connectivity index (χ2v) is 11.1. The summed E-state index contributed by atoms with van der Waals surface area (Å²) in [6, 6.07) is 12.9. The number of aromatic nitrogens is 3. The van der Waals surface area contributed by atoms with Crippen LogP contribution in [0.25, 0.3) is 22.3 Å². The molecule has 0 aliphatic carbocycles. The third-order valence-electron chi connectivity index (χ3n) is 8.85. The van der Waals surface area contributed by atoms with E-state index in [1.807, 2.05) is 37.3 Å². The van der Waals surface area contributed by atoms with Crippen LogP contribution in [0.15, 0.2) is 53.5 Å². The standard InChI is InChI=1S/C32H31N5O6/c1-3-20-21-15-19(43-31(40)36-13-11-35(12-14-36)27-7-5-6-10-33-27)8-9-25(21)34-28-22(20)17-37-26(28)16-24-23(29(37)38)18-42-30(39)32(24,41)4-2/h5-10,15-16,41H,3-4,11-14,17-18H2,1-2H3/t32-/m0/s1. The van der Waals surface area contributed by atoms with E-state index in [2.05, 4.69) is 9.88 Å². The zero-order valence-corrected chi connectivity index (χ0v) is 24.0. The molecule has 7 rings (SSSR count). The fourth-order valence-electron chi connectivity index (χ4n) is 6.43. The summed E-state index contributed by atoms with van der Waals surface area (Å²) < 4.78 is 12.6. The molecule has 1 fully saturated rings. The van der Waals surface area contributed by atoms with Crippen molar-refractivity contribution in [1.82, 2.24) is 19.4 Å². The van der Waals surface area contributed by atoms with E-state index in [0.29, 0.717) is 67.4 Å². The molecule has 0 radical (unpaired) electrons. The molecule has 3 aliphatic rings. The van der Waals surface area contributed by atoms with Crippen molar-refractivity contribution in [3.63, 3.8) is 0 Å². The molecular weight excluding hydrogens is 550 g/mol. The summed E-state index contributed by atoms with van der Waals surface area (Å²) in [6.07, 6.45) is 2.10. The molecule has 0 saturated carbocycles. The Morgan fingerprint density at radius 3 is 2.60 bits per heavy atom. The van der Waals surface area contributed by atoms with Crippen LogP contribution in [0.3, 0.4) is 0 Å². The second-order valence-electron chi connectivity index (χ2n) is 11.1. The van der Waals surface area contributed by atoms with Crippen LogP contribution in [-0.2, 0) is 34.7 Å². The summed E-state index contributed by atoms with van der Waals surface area (Å²) in [6.45, 7) is 6.24. The number of carbonyl (C=O) groups is 2. The fraction of sp³-hybridized carbons (Fsp3) is 0.344. The fourth-order valence-corrected chi connectivity index (χ4v) is 6.43. The van der Waals surface area contributed by atoms with E-state index in [1.165, 1.54) is 0 Å². The topological polar surface area (TPSA) is 127 Å². The lowest BCUT2D eigenvalue weighted by atomic mass is 9.86. The van der Waals surface area contributed by atoms with Gasteiger partial charge in [0.1, 0.15) is 18.2 Å². The minimum absolute atomic E-state index is 0.0847. The maximum Gasteiger partial charge on any atom is 0.415 e. The third-order valence-corrected chi connectivity index (χ3v) is 8.85. The number of aliphatic hydroxyl groups is 1. The van der Waals surface area contributed by atoms with Crippen LogP contribution in [0.2, 0.25) is 0 Å². The van der Waals surface area contributed by atoms with Crippen LogP contribution in [0.1, 0.15) is 42.5 Å². The average Bonchev–Trinajstić information content (AvgIpc) is 3.41. The lowest BCUT2D eigenvalue weighted by Crippen LogP contribution is -2.49. The SMILES string of the molecule is CCc1c2c(nc3ccc(OC(=O)N4CCN(c5ccccn5)CC4)cc13)-c1cc3c(c(=O)n1C2)COC(=O)[C@]3(O)CC. The minimum atomic E-state index is -1.88. The van der Waals surface area contributed by atoms with Crippen molar-refractivity contribution in [2.75, 3.05) is 31.1 Å². The van der Waals surface area contributed by atoms with Crippen LogP contribution in [-0.4, -0.2) is 62.8 Å². The molecule has 0 bridgehead atoms. The number of esters is 1. The molecular formula is C32H31N5O6. The van der Waals surface area contributed by atoms with Crippen molar-refractivity contribution >= 4 is 28.8 Å². The Morgan fingerprint density at radius 1 is 1.07 bits per heavy atom. The lowest BCUT2D eigenvalue weighted by molar-refractivity contribution is -0.172. The summed E-state index contributed by atoms with van der Waals surface area (Å²) in [7, 11) is 0. The van der Waals surface area contributed by atoms with Gasteiger partial charge in [-0.3, -0.25) is 4.79 Å². The minimum Gasteiger partial charge on any atom is -0.458 e. The van der Waals surface area contributed by atoms with E-state index in [9.17, 15) is 19.5 Å². The van der Waals surface area contributed by atoms with E-state index < -0.39 is 17.7 Å². The molecule has 220 valence electrons. The van der Waals surface area contributed by atoms with Gasteiger partial charge in [0.25, 0.3) is 5.56 Å². The van der Waals surface area contributed by atoms with Gasteiger partial charge in [0, 0.05) is 48.9 Å². The van der Waals surface area contributed by atoms with Gasteiger partial charge in [-0.25, -0.2) is 19.6 Å². The van der Waals surface area contributed by atoms with Crippen molar-refractivity contribution in [1.29, 1.82) is 0 Å². The second kappa shape index (κ2) is 10.2. The number of piperazine rings is 1. The molecule has 1 saturated heterocycles. The number of amides is 1. The Kier molecular flexibility index (Phi) is 6.42. The quantitative estimate of drug-likeness (QED) is 0.318. The van der Waals surface area contributed by atoms with Gasteiger partial charge in [-0.2, -0.15) is 0 Å². The van der Waals surface area contributed by atoms with Gasteiger partial charge < -0.3 is 28.9 Å². The first-order valence-electron chi connectivity index (χ1n) is 14.6. The number of pyridine rings is 3. The smallest absolute Gasteiger partial charge is 0.415 e. The molecule has 1 aromatic carbocycles. The zero-order chi connectivity index (χ0) is 29.9. The van der Waals surface area contributed by atoms with Gasteiger partial charge in [-0.15, -0.1) is 0 Å². The third kappa shape index (κ3) is 4.25. The Bertz CT molecular complexity index is 1850. The molecule has 3 aromatic heterocycles. The van der Waals surface area contributed by atoms with Gasteiger partial charge in [0.15, 0.2) is 5.60 Å². The molecule has 11 nitrogen and oxygen atoms in total. The number of aryl methyl sites for hydroxylation is 1. The van der Waals surface area contributed by atoms with Gasteiger partial charge in [0.2, 0.25) is 0 Å². The highest BCUT2D eigenvalue weighted by Gasteiger charge is 2.45. The number of anilines is 1. The van der Waals surface area contributed by atoms with Crippen LogP contribution in [0.5, 0.6) is 5.75 Å². The molecule has 4 aromatic rings. The van der Waals surface area contributed by atoms with Crippen LogP contribution in [0.4, 0.5) is 10.6 Å². The zero-order valence-electron chi connectivity index (χ0n) is 24.0. The lowest BCUT2D eigenvalue weighted by Gasteiger charge is -2.34. The van der Waals surface area contributed by atoms with E-state index in [4.69, 9.17) is 14.5 Å². The van der Waals surface area contributed by atoms with E-state index in [0.717, 1.165) is 22.3 Å². The largest absolute Gasteiger partial charge is 0.458 e. The predicted molar refractivity (Wildman–Crippen MR) is 158 cm³/mol. The molecule has 0 spiro atoms. The Balaban J connectivity index is 1.18. The number of fused-ring (bicyclic) bond motifs is 5. The van der Waals surface area contributed by atoms with E-state index >= 15 is 0 Å². The maximum absolute atomic E-state index is 13.6. The molecule has 1 amide bonds.